The molecule has 1 nitrogen and oxygen atoms in total. The summed E-state index contributed by atoms with van der Waals surface area (Å²) in [5.74, 6) is 0. The Morgan fingerprint density at radius 2 is 1.54 bits per heavy atom. The quantitative estimate of drug-likeness (QED) is 0.556. The van der Waals surface area contributed by atoms with Crippen LogP contribution in [0.3, 0.4) is 0 Å². The van der Waals surface area contributed by atoms with Crippen LogP contribution in [0.15, 0.2) is 48.7 Å². The fourth-order valence-corrected chi connectivity index (χ4v) is 3.05. The van der Waals surface area contributed by atoms with Gasteiger partial charge in [0.05, 0.1) is 0 Å². The summed E-state index contributed by atoms with van der Waals surface area (Å²) in [6.45, 7) is -3.65. The summed E-state index contributed by atoms with van der Waals surface area (Å²) in [6, 6.07) is 11.4. The molecule has 0 aliphatic heterocycles. The van der Waals surface area contributed by atoms with Crippen molar-refractivity contribution < 1.29 is 16.9 Å². The molecule has 1 heteroatoms. The number of rotatable bonds is 2. The number of aryl methyl sites for hydroxylation is 5. The normalized spacial score (nSPS) is 18.0. The van der Waals surface area contributed by atoms with Crippen LogP contribution in [0.25, 0.3) is 22.4 Å². The van der Waals surface area contributed by atoms with Gasteiger partial charge < -0.3 is 0 Å². The molecule has 0 amide bonds. The first-order valence-electron chi connectivity index (χ1n) is 12.3. The van der Waals surface area contributed by atoms with Crippen molar-refractivity contribution in [3.63, 3.8) is 0 Å². The highest BCUT2D eigenvalue weighted by atomic mass is 14.9. The molecule has 0 N–H and O–H groups in total. The Kier molecular flexibility index (Phi) is 2.24. The molecule has 122 valence electrons. The van der Waals surface area contributed by atoms with Crippen LogP contribution in [0.5, 0.6) is 0 Å². The molecule has 3 aromatic rings. The van der Waals surface area contributed by atoms with Crippen molar-refractivity contribution in [3.8, 4) is 22.4 Å². The minimum atomic E-state index is -2.45. The Labute approximate surface area is 158 Å². The molecule has 0 fully saturated rings. The molecule has 0 atom stereocenters. The van der Waals surface area contributed by atoms with Crippen LogP contribution in [0.2, 0.25) is 0 Å². The maximum atomic E-state index is 8.06. The van der Waals surface area contributed by atoms with Crippen molar-refractivity contribution in [1.82, 2.24) is 0 Å². The highest BCUT2D eigenvalue weighted by Gasteiger charge is 2.18. The van der Waals surface area contributed by atoms with Crippen molar-refractivity contribution in [3.05, 3.63) is 76.5 Å². The summed E-state index contributed by atoms with van der Waals surface area (Å²) in [5.41, 5.74) is 3.68. The van der Waals surface area contributed by atoms with Crippen LogP contribution in [0, 0.1) is 34.4 Å². The van der Waals surface area contributed by atoms with Crippen LogP contribution in [0.1, 0.15) is 40.2 Å². The molecule has 0 saturated carbocycles. The lowest BCUT2D eigenvalue weighted by atomic mass is 9.88. The van der Waals surface area contributed by atoms with Crippen molar-refractivity contribution in [2.24, 2.45) is 7.05 Å². The van der Waals surface area contributed by atoms with E-state index in [1.54, 1.807) is 62.0 Å². The second kappa shape index (κ2) is 6.24. The summed E-state index contributed by atoms with van der Waals surface area (Å²) < 4.78 is 73.0. The van der Waals surface area contributed by atoms with Gasteiger partial charge in [-0.15, -0.1) is 0 Å². The Morgan fingerprint density at radius 3 is 2.29 bits per heavy atom. The predicted molar refractivity (Wildman–Crippen MR) is 102 cm³/mol. The number of aromatic nitrogens is 1. The van der Waals surface area contributed by atoms with E-state index in [0.717, 1.165) is 0 Å². The lowest BCUT2D eigenvalue weighted by molar-refractivity contribution is -0.660. The fraction of sp³-hybridized carbons (Fsp3) is 0.261. The predicted octanol–water partition coefficient (Wildman–Crippen LogP) is 5.39. The third-order valence-corrected chi connectivity index (χ3v) is 4.42. The Bertz CT molecular complexity index is 1200. The smallest absolute Gasteiger partial charge is 0.201 e. The van der Waals surface area contributed by atoms with Crippen LogP contribution < -0.4 is 4.57 Å². The van der Waals surface area contributed by atoms with E-state index < -0.39 is 20.6 Å². The average molecular weight is 326 g/mol. The maximum absolute atomic E-state index is 8.06. The monoisotopic (exact) mass is 325 g/mol. The van der Waals surface area contributed by atoms with Crippen LogP contribution in [0.4, 0.5) is 0 Å². The summed E-state index contributed by atoms with van der Waals surface area (Å²) in [7, 11) is 1.73. The molecule has 1 heterocycles. The van der Waals surface area contributed by atoms with E-state index >= 15 is 0 Å². The minimum absolute atomic E-state index is 0.0685. The van der Waals surface area contributed by atoms with Gasteiger partial charge >= 0.3 is 0 Å². The summed E-state index contributed by atoms with van der Waals surface area (Å²) >= 11 is 0. The third kappa shape index (κ3) is 2.75. The largest absolute Gasteiger partial charge is 0.212 e. The first-order chi connectivity index (χ1) is 15.0. The highest BCUT2D eigenvalue weighted by Crippen LogP contribution is 2.35. The Balaban J connectivity index is 2.39. The second-order valence-corrected chi connectivity index (χ2v) is 6.07. The molecule has 0 bridgehead atoms. The van der Waals surface area contributed by atoms with Crippen molar-refractivity contribution in [2.75, 3.05) is 0 Å². The molecule has 0 spiro atoms. The zero-order valence-electron chi connectivity index (χ0n) is 23.1. The van der Waals surface area contributed by atoms with Crippen LogP contribution >= 0.6 is 0 Å². The van der Waals surface area contributed by atoms with E-state index in [4.69, 9.17) is 12.3 Å². The molecular weight excluding hydrogens is 290 g/mol. The summed E-state index contributed by atoms with van der Waals surface area (Å²) in [4.78, 5) is 0. The molecule has 3 rings (SSSR count). The Hall–Kier alpha value is -2.41. The lowest BCUT2D eigenvalue weighted by Gasteiger charge is -2.16. The van der Waals surface area contributed by atoms with E-state index in [0.29, 0.717) is 33.5 Å². The van der Waals surface area contributed by atoms with Crippen molar-refractivity contribution in [2.45, 2.75) is 34.4 Å². The number of benzene rings is 2. The molecule has 0 aliphatic carbocycles. The molecule has 24 heavy (non-hydrogen) atoms. The van der Waals surface area contributed by atoms with Gasteiger partial charge in [0.25, 0.3) is 0 Å². The Morgan fingerprint density at radius 1 is 0.792 bits per heavy atom. The number of nitrogens with zero attached hydrogens (tertiary/aromatic N) is 1. The highest BCUT2D eigenvalue weighted by molar-refractivity contribution is 5.80. The second-order valence-electron chi connectivity index (χ2n) is 6.07. The SMILES string of the molecule is [2H]C([2H])([2H])c1c[n+](C)c(-c2ccc(C([2H])([2H])[2H])c(-c3ccccc3C([2H])([2H])[2H])c2C)cc1C. The fourth-order valence-electron chi connectivity index (χ4n) is 3.05. The third-order valence-electron chi connectivity index (χ3n) is 4.42. The number of pyridine rings is 1. The first kappa shape index (κ1) is 8.62. The van der Waals surface area contributed by atoms with Gasteiger partial charge in [-0.2, -0.15) is 0 Å². The van der Waals surface area contributed by atoms with Gasteiger partial charge in [0.15, 0.2) is 6.20 Å². The van der Waals surface area contributed by atoms with Gasteiger partial charge in [0.2, 0.25) is 5.69 Å². The molecule has 2 aromatic carbocycles. The molecular formula is C23H26N+. The zero-order chi connectivity index (χ0) is 24.9. The minimum Gasteiger partial charge on any atom is -0.201 e. The van der Waals surface area contributed by atoms with Crippen molar-refractivity contribution >= 4 is 0 Å². The van der Waals surface area contributed by atoms with Gasteiger partial charge in [0, 0.05) is 29.5 Å². The van der Waals surface area contributed by atoms with Gasteiger partial charge in [-0.1, -0.05) is 30.3 Å². The van der Waals surface area contributed by atoms with Gasteiger partial charge in [-0.05, 0) is 73.9 Å². The van der Waals surface area contributed by atoms with Crippen LogP contribution in [-0.4, -0.2) is 0 Å². The lowest BCUT2D eigenvalue weighted by Crippen LogP contribution is -2.31. The van der Waals surface area contributed by atoms with E-state index in [-0.39, 0.29) is 16.7 Å². The van der Waals surface area contributed by atoms with Gasteiger partial charge in [-0.25, -0.2) is 4.57 Å². The van der Waals surface area contributed by atoms with E-state index in [2.05, 4.69) is 0 Å². The van der Waals surface area contributed by atoms with E-state index in [9.17, 15) is 0 Å². The first-order valence-corrected chi connectivity index (χ1v) is 7.78. The van der Waals surface area contributed by atoms with Crippen molar-refractivity contribution in [1.29, 1.82) is 0 Å². The molecule has 0 aliphatic rings. The van der Waals surface area contributed by atoms with Crippen LogP contribution in [-0.2, 0) is 7.05 Å². The molecule has 0 saturated heterocycles. The zero-order valence-corrected chi connectivity index (χ0v) is 14.1. The average Bonchev–Trinajstić information content (AvgIpc) is 2.67. The summed E-state index contributed by atoms with van der Waals surface area (Å²) in [6.07, 6.45) is 1.56. The topological polar surface area (TPSA) is 3.88 Å². The number of hydrogen-bond donors (Lipinski definition) is 0. The van der Waals surface area contributed by atoms with E-state index in [1.165, 1.54) is 12.1 Å². The molecule has 0 unspecified atom stereocenters. The maximum Gasteiger partial charge on any atom is 0.212 e. The number of hydrogen-bond acceptors (Lipinski definition) is 0. The summed E-state index contributed by atoms with van der Waals surface area (Å²) in [5, 5.41) is 0. The standard InChI is InChI=1S/C23H26N/c1-15-9-7-8-10-20(15)23-16(2)11-12-21(19(23)5)22-13-17(3)18(4)14-24(22)6/h7-14H,1-6H3/q+1/i1D3,2D3,4D3. The van der Waals surface area contributed by atoms with Gasteiger partial charge in [-0.3, -0.25) is 0 Å². The molecule has 1 aromatic heterocycles. The van der Waals surface area contributed by atoms with E-state index in [1.807, 2.05) is 0 Å². The molecule has 0 radical (unpaired) electrons. The van der Waals surface area contributed by atoms with Gasteiger partial charge in [0.1, 0.15) is 7.05 Å².